The van der Waals surface area contributed by atoms with E-state index in [4.69, 9.17) is 0 Å². The molecule has 2 aromatic heterocycles. The second kappa shape index (κ2) is 7.26. The fourth-order valence-corrected chi connectivity index (χ4v) is 3.33. The Bertz CT molecular complexity index is 985. The van der Waals surface area contributed by atoms with Crippen LogP contribution in [0.25, 0.3) is 11.0 Å². The average Bonchev–Trinajstić information content (AvgIpc) is 2.85. The molecule has 0 fully saturated rings. The zero-order valence-electron chi connectivity index (χ0n) is 16.6. The zero-order chi connectivity index (χ0) is 19.7. The Morgan fingerprint density at radius 3 is 2.37 bits per heavy atom. The topological polar surface area (TPSA) is 83.9 Å². The highest BCUT2D eigenvalue weighted by Gasteiger charge is 2.16. The van der Waals surface area contributed by atoms with Crippen molar-refractivity contribution in [3.05, 3.63) is 46.6 Å². The van der Waals surface area contributed by atoms with Crippen LogP contribution in [-0.4, -0.2) is 20.8 Å². The van der Waals surface area contributed by atoms with E-state index in [2.05, 4.69) is 46.2 Å². The molecule has 0 aliphatic heterocycles. The molecule has 7 heteroatoms. The summed E-state index contributed by atoms with van der Waals surface area (Å²) >= 11 is 0. The number of anilines is 2. The molecule has 1 aromatic carbocycles. The van der Waals surface area contributed by atoms with E-state index < -0.39 is 0 Å². The van der Waals surface area contributed by atoms with E-state index in [1.807, 2.05) is 46.0 Å². The van der Waals surface area contributed by atoms with Crippen LogP contribution in [0.5, 0.6) is 0 Å². The average molecular weight is 366 g/mol. The molecule has 3 N–H and O–H groups in total. The molecule has 0 unspecified atom stereocenters. The van der Waals surface area contributed by atoms with Crippen LogP contribution < -0.4 is 16.2 Å². The highest BCUT2D eigenvalue weighted by atomic mass is 16.2. The normalized spacial score (nSPS) is 11.1. The van der Waals surface area contributed by atoms with Gasteiger partial charge in [-0.1, -0.05) is 19.9 Å². The van der Waals surface area contributed by atoms with E-state index in [1.54, 1.807) is 4.68 Å². The van der Waals surface area contributed by atoms with Gasteiger partial charge in [-0.15, -0.1) is 0 Å². The number of urea groups is 1. The first-order valence-electron chi connectivity index (χ1n) is 9.00. The third-order valence-electron chi connectivity index (χ3n) is 4.40. The van der Waals surface area contributed by atoms with Gasteiger partial charge >= 0.3 is 6.03 Å². The van der Waals surface area contributed by atoms with Gasteiger partial charge in [0, 0.05) is 18.1 Å². The molecule has 2 heterocycles. The number of hydrogen-bond acceptors (Lipinski definition) is 4. The van der Waals surface area contributed by atoms with Crippen molar-refractivity contribution >= 4 is 28.6 Å². The minimum atomic E-state index is -0.353. The standard InChI is InChI=1S/C20H26N6O/c1-11(2)16-10-17(22-19-18(16)14(5)25-26(19)6)23-24-20(27)21-15-8-12(3)7-13(4)9-15/h7-11H,1-6H3,(H,22,23)(H2,21,24,27). The highest BCUT2D eigenvalue weighted by Crippen LogP contribution is 2.28. The molecule has 0 radical (unpaired) electrons. The third kappa shape index (κ3) is 4.02. The Hall–Kier alpha value is -3.09. The van der Waals surface area contributed by atoms with Gasteiger partial charge in [-0.25, -0.2) is 9.78 Å². The fourth-order valence-electron chi connectivity index (χ4n) is 3.33. The van der Waals surface area contributed by atoms with Crippen molar-refractivity contribution in [1.29, 1.82) is 0 Å². The smallest absolute Gasteiger partial charge is 0.307 e. The maximum Gasteiger partial charge on any atom is 0.337 e. The molecule has 7 nitrogen and oxygen atoms in total. The number of carbonyl (C=O) groups excluding carboxylic acids is 1. The molecule has 0 aliphatic carbocycles. The van der Waals surface area contributed by atoms with E-state index in [1.165, 1.54) is 0 Å². The van der Waals surface area contributed by atoms with Crippen molar-refractivity contribution in [3.8, 4) is 0 Å². The van der Waals surface area contributed by atoms with Crippen LogP contribution in [-0.2, 0) is 7.05 Å². The first-order chi connectivity index (χ1) is 12.7. The van der Waals surface area contributed by atoms with Gasteiger partial charge in [0.05, 0.1) is 5.69 Å². The lowest BCUT2D eigenvalue weighted by atomic mass is 10.00. The number of carbonyl (C=O) groups is 1. The van der Waals surface area contributed by atoms with E-state index >= 15 is 0 Å². The molecule has 142 valence electrons. The number of pyridine rings is 1. The van der Waals surface area contributed by atoms with E-state index in [0.29, 0.717) is 11.7 Å². The van der Waals surface area contributed by atoms with Crippen LogP contribution in [0.2, 0.25) is 0 Å². The largest absolute Gasteiger partial charge is 0.337 e. The van der Waals surface area contributed by atoms with Crippen molar-refractivity contribution in [1.82, 2.24) is 20.2 Å². The molecule has 0 bridgehead atoms. The Morgan fingerprint density at radius 2 is 1.74 bits per heavy atom. The molecule has 2 amide bonds. The summed E-state index contributed by atoms with van der Waals surface area (Å²) in [6, 6.07) is 7.51. The summed E-state index contributed by atoms with van der Waals surface area (Å²) in [6.07, 6.45) is 0. The number of nitrogens with one attached hydrogen (secondary N) is 3. The van der Waals surface area contributed by atoms with E-state index in [-0.39, 0.29) is 6.03 Å². The number of nitrogens with zero attached hydrogens (tertiary/aromatic N) is 3. The molecule has 0 aliphatic rings. The number of aromatic nitrogens is 3. The van der Waals surface area contributed by atoms with Crippen LogP contribution in [0.4, 0.5) is 16.3 Å². The Balaban J connectivity index is 1.78. The Kier molecular flexibility index (Phi) is 5.03. The number of hydrazine groups is 1. The molecule has 0 spiro atoms. The molecule has 0 saturated heterocycles. The quantitative estimate of drug-likeness (QED) is 0.605. The molecule has 3 rings (SSSR count). The van der Waals surface area contributed by atoms with Crippen LogP contribution in [0, 0.1) is 20.8 Å². The lowest BCUT2D eigenvalue weighted by molar-refractivity contribution is 0.254. The summed E-state index contributed by atoms with van der Waals surface area (Å²) < 4.78 is 1.76. The number of aryl methyl sites for hydroxylation is 4. The summed E-state index contributed by atoms with van der Waals surface area (Å²) in [5, 5.41) is 8.36. The predicted molar refractivity (Wildman–Crippen MR) is 109 cm³/mol. The van der Waals surface area contributed by atoms with Gasteiger partial charge in [0.1, 0.15) is 5.82 Å². The van der Waals surface area contributed by atoms with Crippen molar-refractivity contribution in [2.75, 3.05) is 10.7 Å². The van der Waals surface area contributed by atoms with E-state index in [9.17, 15) is 4.79 Å². The predicted octanol–water partition coefficient (Wildman–Crippen LogP) is 4.17. The monoisotopic (exact) mass is 366 g/mol. The van der Waals surface area contributed by atoms with Gasteiger partial charge in [-0.05, 0) is 61.6 Å². The summed E-state index contributed by atoms with van der Waals surface area (Å²) in [5.74, 6) is 0.882. The second-order valence-electron chi connectivity index (χ2n) is 7.24. The minimum absolute atomic E-state index is 0.308. The Labute approximate surface area is 159 Å². The number of amides is 2. The molecule has 0 atom stereocenters. The number of fused-ring (bicyclic) bond motifs is 1. The van der Waals surface area contributed by atoms with Crippen molar-refractivity contribution < 1.29 is 4.79 Å². The van der Waals surface area contributed by atoms with Gasteiger partial charge in [0.25, 0.3) is 0 Å². The van der Waals surface area contributed by atoms with Crippen molar-refractivity contribution in [2.24, 2.45) is 7.05 Å². The van der Waals surface area contributed by atoms with Crippen LogP contribution in [0.15, 0.2) is 24.3 Å². The van der Waals surface area contributed by atoms with Crippen molar-refractivity contribution in [3.63, 3.8) is 0 Å². The summed E-state index contributed by atoms with van der Waals surface area (Å²) in [4.78, 5) is 16.8. The maximum atomic E-state index is 12.2. The number of benzene rings is 1. The third-order valence-corrected chi connectivity index (χ3v) is 4.40. The van der Waals surface area contributed by atoms with Gasteiger partial charge < -0.3 is 5.32 Å². The molecule has 27 heavy (non-hydrogen) atoms. The zero-order valence-corrected chi connectivity index (χ0v) is 16.6. The number of hydrogen-bond donors (Lipinski definition) is 3. The fraction of sp³-hybridized carbons (Fsp3) is 0.350. The minimum Gasteiger partial charge on any atom is -0.307 e. The number of rotatable bonds is 4. The summed E-state index contributed by atoms with van der Waals surface area (Å²) in [6.45, 7) is 10.2. The van der Waals surface area contributed by atoms with Gasteiger partial charge in [-0.3, -0.25) is 15.5 Å². The summed E-state index contributed by atoms with van der Waals surface area (Å²) in [5.41, 5.74) is 11.4. The molecule has 3 aromatic rings. The van der Waals surface area contributed by atoms with Gasteiger partial charge in [0.15, 0.2) is 5.65 Å². The van der Waals surface area contributed by atoms with Gasteiger partial charge in [-0.2, -0.15) is 5.10 Å². The summed E-state index contributed by atoms with van der Waals surface area (Å²) in [7, 11) is 1.87. The van der Waals surface area contributed by atoms with Crippen LogP contribution >= 0.6 is 0 Å². The Morgan fingerprint density at radius 1 is 1.07 bits per heavy atom. The van der Waals surface area contributed by atoms with E-state index in [0.717, 1.165) is 39.1 Å². The van der Waals surface area contributed by atoms with Crippen molar-refractivity contribution in [2.45, 2.75) is 40.5 Å². The highest BCUT2D eigenvalue weighted by molar-refractivity contribution is 5.90. The first-order valence-corrected chi connectivity index (χ1v) is 9.00. The van der Waals surface area contributed by atoms with Gasteiger partial charge in [0.2, 0.25) is 0 Å². The first kappa shape index (κ1) is 18.7. The lowest BCUT2D eigenvalue weighted by Gasteiger charge is -2.13. The molecular formula is C20H26N6O. The lowest BCUT2D eigenvalue weighted by Crippen LogP contribution is -2.34. The maximum absolute atomic E-state index is 12.2. The molecular weight excluding hydrogens is 340 g/mol. The SMILES string of the molecule is Cc1cc(C)cc(NC(=O)NNc2cc(C(C)C)c3c(C)nn(C)c3n2)c1. The van der Waals surface area contributed by atoms with Crippen LogP contribution in [0.1, 0.15) is 42.1 Å². The second-order valence-corrected chi connectivity index (χ2v) is 7.24. The molecule has 0 saturated carbocycles. The van der Waals surface area contributed by atoms with Crippen LogP contribution in [0.3, 0.4) is 0 Å².